The fourth-order valence-electron chi connectivity index (χ4n) is 2.19. The number of H-pyrrole nitrogens is 1. The fourth-order valence-corrected chi connectivity index (χ4v) is 2.54. The molecule has 8 heteroatoms. The Balaban J connectivity index is 1.64. The van der Waals surface area contributed by atoms with Crippen molar-refractivity contribution >= 4 is 57.8 Å². The highest BCUT2D eigenvalue weighted by atomic mass is 35.5. The van der Waals surface area contributed by atoms with Crippen LogP contribution < -0.4 is 10.7 Å². The number of halogens is 2. The number of aromatic nitrogens is 1. The standard InChI is InChI=1S/C17H12Cl2N4O2/c18-12-5-3-7-14(15(12)19)22-16(24)17(25)23-21-9-10-8-20-13-6-2-1-4-11(10)13/h1-9,20H,(H,22,24)(H,23,25)/b21-9+. The number of hydrazone groups is 1. The largest absolute Gasteiger partial charge is 0.361 e. The number of benzene rings is 2. The molecular weight excluding hydrogens is 363 g/mol. The molecule has 0 bridgehead atoms. The number of carbonyl (C=O) groups is 2. The van der Waals surface area contributed by atoms with Gasteiger partial charge in [-0.15, -0.1) is 0 Å². The van der Waals surface area contributed by atoms with E-state index in [9.17, 15) is 9.59 Å². The van der Waals surface area contributed by atoms with Crippen LogP contribution >= 0.6 is 23.2 Å². The summed E-state index contributed by atoms with van der Waals surface area (Å²) in [6.07, 6.45) is 3.21. The van der Waals surface area contributed by atoms with Gasteiger partial charge in [0.25, 0.3) is 0 Å². The first-order chi connectivity index (χ1) is 12.1. The first kappa shape index (κ1) is 17.0. The second-order valence-electron chi connectivity index (χ2n) is 5.04. The number of hydrogen-bond donors (Lipinski definition) is 3. The predicted molar refractivity (Wildman–Crippen MR) is 99.1 cm³/mol. The van der Waals surface area contributed by atoms with Gasteiger partial charge in [-0.25, -0.2) is 5.43 Å². The Morgan fingerprint density at radius 2 is 1.84 bits per heavy atom. The third-order valence-electron chi connectivity index (χ3n) is 3.40. The van der Waals surface area contributed by atoms with Crippen molar-refractivity contribution in [1.29, 1.82) is 0 Å². The number of rotatable bonds is 3. The lowest BCUT2D eigenvalue weighted by Crippen LogP contribution is -2.32. The molecule has 0 unspecified atom stereocenters. The average Bonchev–Trinajstić information content (AvgIpc) is 3.02. The number of fused-ring (bicyclic) bond motifs is 1. The Bertz CT molecular complexity index is 982. The SMILES string of the molecule is O=C(N/N=C/c1c[nH]c2ccccc12)C(=O)Nc1cccc(Cl)c1Cl. The highest BCUT2D eigenvalue weighted by Crippen LogP contribution is 2.29. The van der Waals surface area contributed by atoms with E-state index in [-0.39, 0.29) is 15.7 Å². The molecule has 25 heavy (non-hydrogen) atoms. The summed E-state index contributed by atoms with van der Waals surface area (Å²) in [5.41, 5.74) is 4.15. The van der Waals surface area contributed by atoms with Crippen molar-refractivity contribution in [2.24, 2.45) is 5.10 Å². The van der Waals surface area contributed by atoms with Crippen molar-refractivity contribution in [2.75, 3.05) is 5.32 Å². The number of carbonyl (C=O) groups excluding carboxylic acids is 2. The van der Waals surface area contributed by atoms with Gasteiger partial charge < -0.3 is 10.3 Å². The summed E-state index contributed by atoms with van der Waals surface area (Å²) >= 11 is 11.8. The van der Waals surface area contributed by atoms with Crippen molar-refractivity contribution in [3.05, 3.63) is 64.3 Å². The molecule has 0 aliphatic rings. The number of aromatic amines is 1. The van der Waals surface area contributed by atoms with Gasteiger partial charge in [-0.3, -0.25) is 9.59 Å². The molecule has 2 amide bonds. The molecule has 1 heterocycles. The van der Waals surface area contributed by atoms with E-state index in [0.717, 1.165) is 16.5 Å². The molecule has 3 aromatic rings. The molecule has 0 saturated heterocycles. The zero-order valence-electron chi connectivity index (χ0n) is 12.7. The van der Waals surface area contributed by atoms with Crippen LogP contribution in [0.25, 0.3) is 10.9 Å². The number of hydrogen-bond acceptors (Lipinski definition) is 3. The Morgan fingerprint density at radius 1 is 1.04 bits per heavy atom. The molecule has 2 aromatic carbocycles. The molecule has 1 aromatic heterocycles. The van der Waals surface area contributed by atoms with Crippen LogP contribution in [0.4, 0.5) is 5.69 Å². The van der Waals surface area contributed by atoms with Gasteiger partial charge in [-0.2, -0.15) is 5.10 Å². The van der Waals surface area contributed by atoms with Crippen molar-refractivity contribution in [2.45, 2.75) is 0 Å². The van der Waals surface area contributed by atoms with E-state index in [1.54, 1.807) is 18.3 Å². The normalized spacial score (nSPS) is 11.0. The van der Waals surface area contributed by atoms with E-state index in [1.807, 2.05) is 24.3 Å². The molecule has 0 saturated carbocycles. The minimum atomic E-state index is -0.924. The van der Waals surface area contributed by atoms with E-state index < -0.39 is 11.8 Å². The van der Waals surface area contributed by atoms with Gasteiger partial charge in [0.1, 0.15) is 0 Å². The smallest absolute Gasteiger partial charge is 0.329 e. The maximum atomic E-state index is 11.9. The van der Waals surface area contributed by atoms with Crippen LogP contribution in [0.3, 0.4) is 0 Å². The highest BCUT2D eigenvalue weighted by molar-refractivity contribution is 6.45. The Kier molecular flexibility index (Phi) is 5.02. The molecule has 6 nitrogen and oxygen atoms in total. The number of anilines is 1. The van der Waals surface area contributed by atoms with E-state index in [4.69, 9.17) is 23.2 Å². The van der Waals surface area contributed by atoms with Gasteiger partial charge in [0.15, 0.2) is 0 Å². The Labute approximate surface area is 152 Å². The minimum Gasteiger partial charge on any atom is -0.361 e. The molecule has 0 atom stereocenters. The minimum absolute atomic E-state index is 0.160. The second-order valence-corrected chi connectivity index (χ2v) is 5.83. The monoisotopic (exact) mass is 374 g/mol. The zero-order chi connectivity index (χ0) is 17.8. The van der Waals surface area contributed by atoms with Crippen molar-refractivity contribution < 1.29 is 9.59 Å². The fraction of sp³-hybridized carbons (Fsp3) is 0. The number of para-hydroxylation sites is 1. The van der Waals surface area contributed by atoms with Gasteiger partial charge >= 0.3 is 11.8 Å². The maximum Gasteiger partial charge on any atom is 0.329 e. The summed E-state index contributed by atoms with van der Waals surface area (Å²) in [7, 11) is 0. The molecule has 3 rings (SSSR count). The lowest BCUT2D eigenvalue weighted by Gasteiger charge is -2.06. The summed E-state index contributed by atoms with van der Waals surface area (Å²) in [6, 6.07) is 12.4. The predicted octanol–water partition coefficient (Wildman–Crippen LogP) is 3.56. The quantitative estimate of drug-likeness (QED) is 0.371. The van der Waals surface area contributed by atoms with Crippen molar-refractivity contribution in [3.63, 3.8) is 0 Å². The lowest BCUT2D eigenvalue weighted by molar-refractivity contribution is -0.136. The Hall–Kier alpha value is -2.83. The average molecular weight is 375 g/mol. The van der Waals surface area contributed by atoms with E-state index in [2.05, 4.69) is 20.8 Å². The number of nitrogens with one attached hydrogen (secondary N) is 3. The van der Waals surface area contributed by atoms with Crippen LogP contribution in [0.1, 0.15) is 5.56 Å². The van der Waals surface area contributed by atoms with E-state index >= 15 is 0 Å². The topological polar surface area (TPSA) is 86.3 Å². The zero-order valence-corrected chi connectivity index (χ0v) is 14.2. The van der Waals surface area contributed by atoms with Gasteiger partial charge in [0.05, 0.1) is 21.9 Å². The molecule has 0 spiro atoms. The third kappa shape index (κ3) is 3.81. The van der Waals surface area contributed by atoms with Crippen LogP contribution in [0, 0.1) is 0 Å². The molecule has 0 radical (unpaired) electrons. The van der Waals surface area contributed by atoms with Crippen molar-refractivity contribution in [1.82, 2.24) is 10.4 Å². The van der Waals surface area contributed by atoms with E-state index in [1.165, 1.54) is 12.3 Å². The number of nitrogens with zero attached hydrogens (tertiary/aromatic N) is 1. The van der Waals surface area contributed by atoms with Crippen LogP contribution in [-0.4, -0.2) is 23.0 Å². The van der Waals surface area contributed by atoms with Crippen LogP contribution in [0.2, 0.25) is 10.0 Å². The first-order valence-electron chi connectivity index (χ1n) is 7.21. The molecule has 126 valence electrons. The van der Waals surface area contributed by atoms with Crippen LogP contribution in [0.15, 0.2) is 53.8 Å². The van der Waals surface area contributed by atoms with Gasteiger partial charge in [-0.1, -0.05) is 47.5 Å². The molecule has 0 fully saturated rings. The number of amides is 2. The summed E-state index contributed by atoms with van der Waals surface area (Å²) < 4.78 is 0. The van der Waals surface area contributed by atoms with Crippen LogP contribution in [-0.2, 0) is 9.59 Å². The second kappa shape index (κ2) is 7.38. The van der Waals surface area contributed by atoms with Gasteiger partial charge in [-0.05, 0) is 18.2 Å². The summed E-state index contributed by atoms with van der Waals surface area (Å²) in [6.45, 7) is 0. The summed E-state index contributed by atoms with van der Waals surface area (Å²) in [4.78, 5) is 26.8. The lowest BCUT2D eigenvalue weighted by atomic mass is 10.2. The Morgan fingerprint density at radius 3 is 2.68 bits per heavy atom. The molecule has 0 aliphatic heterocycles. The summed E-state index contributed by atoms with van der Waals surface area (Å²) in [5.74, 6) is -1.83. The molecule has 0 aliphatic carbocycles. The molecular formula is C17H12Cl2N4O2. The van der Waals surface area contributed by atoms with Crippen LogP contribution in [0.5, 0.6) is 0 Å². The van der Waals surface area contributed by atoms with Gasteiger partial charge in [0, 0.05) is 22.7 Å². The molecule has 3 N–H and O–H groups in total. The maximum absolute atomic E-state index is 11.9. The summed E-state index contributed by atoms with van der Waals surface area (Å²) in [5, 5.41) is 7.57. The van der Waals surface area contributed by atoms with Gasteiger partial charge in [0.2, 0.25) is 0 Å². The van der Waals surface area contributed by atoms with E-state index in [0.29, 0.717) is 0 Å². The van der Waals surface area contributed by atoms with Crippen molar-refractivity contribution in [3.8, 4) is 0 Å². The highest BCUT2D eigenvalue weighted by Gasteiger charge is 2.15. The first-order valence-corrected chi connectivity index (χ1v) is 7.96. The third-order valence-corrected chi connectivity index (χ3v) is 4.22.